The summed E-state index contributed by atoms with van der Waals surface area (Å²) in [6.45, 7) is 6.93. The van der Waals surface area contributed by atoms with Gasteiger partial charge in [-0.2, -0.15) is 0 Å². The molecular weight excluding hydrogens is 214 g/mol. The maximum atomic E-state index is 12.1. The zero-order chi connectivity index (χ0) is 12.7. The fourth-order valence-electron chi connectivity index (χ4n) is 1.68. The smallest absolute Gasteiger partial charge is 0.255 e. The molecule has 0 atom stereocenters. The molecule has 0 fully saturated rings. The molecule has 4 nitrogen and oxygen atoms in total. The third-order valence-electron chi connectivity index (χ3n) is 2.75. The molecule has 0 aliphatic carbocycles. The van der Waals surface area contributed by atoms with Crippen LogP contribution in [-0.2, 0) is 0 Å². The van der Waals surface area contributed by atoms with Gasteiger partial charge in [-0.05, 0) is 25.8 Å². The molecular formula is C13H21N3O. The Kier molecular flexibility index (Phi) is 5.46. The lowest BCUT2D eigenvalue weighted by Crippen LogP contribution is -2.34. The molecule has 0 spiro atoms. The number of rotatable bonds is 6. The largest absolute Gasteiger partial charge is 0.385 e. The van der Waals surface area contributed by atoms with Crippen molar-refractivity contribution in [2.45, 2.75) is 39.7 Å². The minimum absolute atomic E-state index is 0.0530. The van der Waals surface area contributed by atoms with E-state index in [1.807, 2.05) is 13.0 Å². The van der Waals surface area contributed by atoms with E-state index >= 15 is 0 Å². The van der Waals surface area contributed by atoms with Gasteiger partial charge in [0.1, 0.15) is 0 Å². The minimum atomic E-state index is -0.0530. The first-order valence-corrected chi connectivity index (χ1v) is 6.21. The Labute approximate surface area is 103 Å². The van der Waals surface area contributed by atoms with E-state index < -0.39 is 0 Å². The third-order valence-corrected chi connectivity index (χ3v) is 2.75. The summed E-state index contributed by atoms with van der Waals surface area (Å²) in [5, 5.41) is 6.18. The number of amides is 1. The fraction of sp³-hybridized carbons (Fsp3) is 0.538. The number of hydrogen-bond acceptors (Lipinski definition) is 3. The highest BCUT2D eigenvalue weighted by Gasteiger charge is 2.14. The molecule has 2 N–H and O–H groups in total. The lowest BCUT2D eigenvalue weighted by atomic mass is 10.1. The van der Waals surface area contributed by atoms with Gasteiger partial charge in [-0.1, -0.05) is 13.8 Å². The molecule has 17 heavy (non-hydrogen) atoms. The van der Waals surface area contributed by atoms with Gasteiger partial charge >= 0.3 is 0 Å². The predicted molar refractivity (Wildman–Crippen MR) is 70.2 cm³/mol. The number of pyridine rings is 1. The Morgan fingerprint density at radius 3 is 2.65 bits per heavy atom. The van der Waals surface area contributed by atoms with Crippen LogP contribution in [0.3, 0.4) is 0 Å². The van der Waals surface area contributed by atoms with Crippen molar-refractivity contribution in [3.8, 4) is 0 Å². The zero-order valence-electron chi connectivity index (χ0n) is 10.8. The van der Waals surface area contributed by atoms with Gasteiger partial charge < -0.3 is 10.6 Å². The van der Waals surface area contributed by atoms with Crippen molar-refractivity contribution in [1.29, 1.82) is 0 Å². The molecule has 0 saturated carbocycles. The summed E-state index contributed by atoms with van der Waals surface area (Å²) in [4.78, 5) is 16.1. The number of nitrogens with one attached hydrogen (secondary N) is 2. The van der Waals surface area contributed by atoms with Gasteiger partial charge in [-0.25, -0.2) is 0 Å². The van der Waals surface area contributed by atoms with Crippen molar-refractivity contribution in [3.63, 3.8) is 0 Å². The highest BCUT2D eigenvalue weighted by Crippen LogP contribution is 2.13. The second-order valence-electron chi connectivity index (χ2n) is 3.94. The van der Waals surface area contributed by atoms with Crippen LogP contribution in [-0.4, -0.2) is 23.5 Å². The molecule has 94 valence electrons. The van der Waals surface area contributed by atoms with E-state index in [-0.39, 0.29) is 11.9 Å². The third kappa shape index (κ3) is 3.73. The first kappa shape index (κ1) is 13.5. The maximum Gasteiger partial charge on any atom is 0.255 e. The van der Waals surface area contributed by atoms with E-state index in [0.29, 0.717) is 5.56 Å². The van der Waals surface area contributed by atoms with Crippen LogP contribution in [0.2, 0.25) is 0 Å². The van der Waals surface area contributed by atoms with Gasteiger partial charge in [-0.3, -0.25) is 9.78 Å². The highest BCUT2D eigenvalue weighted by atomic mass is 16.1. The molecule has 1 amide bonds. The molecule has 0 aliphatic heterocycles. The summed E-state index contributed by atoms with van der Waals surface area (Å²) in [7, 11) is 0. The van der Waals surface area contributed by atoms with Crippen LogP contribution < -0.4 is 10.6 Å². The minimum Gasteiger partial charge on any atom is -0.385 e. The Balaban J connectivity index is 2.80. The number of nitrogens with zero attached hydrogens (tertiary/aromatic N) is 1. The van der Waals surface area contributed by atoms with Gasteiger partial charge in [0.2, 0.25) is 0 Å². The van der Waals surface area contributed by atoms with Gasteiger partial charge in [-0.15, -0.1) is 0 Å². The number of hydrogen-bond donors (Lipinski definition) is 2. The second-order valence-corrected chi connectivity index (χ2v) is 3.94. The zero-order valence-corrected chi connectivity index (χ0v) is 10.8. The lowest BCUT2D eigenvalue weighted by Gasteiger charge is -2.16. The van der Waals surface area contributed by atoms with Crippen molar-refractivity contribution in [1.82, 2.24) is 10.3 Å². The van der Waals surface area contributed by atoms with Crippen LogP contribution in [0.25, 0.3) is 0 Å². The molecule has 0 bridgehead atoms. The van der Waals surface area contributed by atoms with Crippen LogP contribution in [0, 0.1) is 0 Å². The van der Waals surface area contributed by atoms with Crippen molar-refractivity contribution < 1.29 is 4.79 Å². The molecule has 0 unspecified atom stereocenters. The number of carbonyl (C=O) groups is 1. The molecule has 1 rings (SSSR count). The Morgan fingerprint density at radius 1 is 1.35 bits per heavy atom. The Bertz CT molecular complexity index is 361. The number of aromatic nitrogens is 1. The molecule has 1 heterocycles. The quantitative estimate of drug-likeness (QED) is 0.796. The monoisotopic (exact) mass is 235 g/mol. The molecule has 1 aromatic rings. The van der Waals surface area contributed by atoms with Crippen LogP contribution in [0.5, 0.6) is 0 Å². The molecule has 0 aliphatic rings. The second kappa shape index (κ2) is 6.89. The molecule has 1 aromatic heterocycles. The van der Waals surface area contributed by atoms with Crippen LogP contribution >= 0.6 is 0 Å². The number of carbonyl (C=O) groups excluding carboxylic acids is 1. The van der Waals surface area contributed by atoms with E-state index in [4.69, 9.17) is 0 Å². The van der Waals surface area contributed by atoms with Gasteiger partial charge in [0.15, 0.2) is 0 Å². The Hall–Kier alpha value is -1.58. The van der Waals surface area contributed by atoms with Crippen LogP contribution in [0.1, 0.15) is 44.0 Å². The SMILES string of the molecule is CCNc1ccncc1C(=O)NC(CC)CC. The van der Waals surface area contributed by atoms with Crippen LogP contribution in [0.15, 0.2) is 18.5 Å². The molecule has 0 aromatic carbocycles. The van der Waals surface area contributed by atoms with Gasteiger partial charge in [0.05, 0.1) is 11.3 Å². The first-order chi connectivity index (χ1) is 8.22. The summed E-state index contributed by atoms with van der Waals surface area (Å²) in [5.74, 6) is -0.0530. The number of anilines is 1. The van der Waals surface area contributed by atoms with Gasteiger partial charge in [0, 0.05) is 25.0 Å². The predicted octanol–water partition coefficient (Wildman–Crippen LogP) is 2.43. The van der Waals surface area contributed by atoms with E-state index in [0.717, 1.165) is 25.1 Å². The van der Waals surface area contributed by atoms with E-state index in [2.05, 4.69) is 29.5 Å². The first-order valence-electron chi connectivity index (χ1n) is 6.21. The van der Waals surface area contributed by atoms with Gasteiger partial charge in [0.25, 0.3) is 5.91 Å². The van der Waals surface area contributed by atoms with Crippen molar-refractivity contribution in [3.05, 3.63) is 24.0 Å². The summed E-state index contributed by atoms with van der Waals surface area (Å²) in [6.07, 6.45) is 5.18. The van der Waals surface area contributed by atoms with E-state index in [1.165, 1.54) is 0 Å². The summed E-state index contributed by atoms with van der Waals surface area (Å²) >= 11 is 0. The lowest BCUT2D eigenvalue weighted by molar-refractivity contribution is 0.0935. The average Bonchev–Trinajstić information content (AvgIpc) is 2.36. The summed E-state index contributed by atoms with van der Waals surface area (Å²) in [6, 6.07) is 2.06. The average molecular weight is 235 g/mol. The van der Waals surface area contributed by atoms with E-state index in [1.54, 1.807) is 12.4 Å². The van der Waals surface area contributed by atoms with E-state index in [9.17, 15) is 4.79 Å². The summed E-state index contributed by atoms with van der Waals surface area (Å²) < 4.78 is 0. The molecule has 4 heteroatoms. The molecule has 0 saturated heterocycles. The maximum absolute atomic E-state index is 12.1. The summed E-state index contributed by atoms with van der Waals surface area (Å²) in [5.41, 5.74) is 1.45. The topological polar surface area (TPSA) is 54.0 Å². The highest BCUT2D eigenvalue weighted by molar-refractivity contribution is 5.99. The Morgan fingerprint density at radius 2 is 2.06 bits per heavy atom. The standard InChI is InChI=1S/C13H21N3O/c1-4-10(5-2)16-13(17)11-9-14-8-7-12(11)15-6-3/h7-10H,4-6H2,1-3H3,(H,14,15)(H,16,17). The van der Waals surface area contributed by atoms with Crippen LogP contribution in [0.4, 0.5) is 5.69 Å². The fourth-order valence-corrected chi connectivity index (χ4v) is 1.68. The van der Waals surface area contributed by atoms with Crippen molar-refractivity contribution >= 4 is 11.6 Å². The molecule has 0 radical (unpaired) electrons. The normalized spacial score (nSPS) is 10.4. The van der Waals surface area contributed by atoms with Crippen molar-refractivity contribution in [2.24, 2.45) is 0 Å². The van der Waals surface area contributed by atoms with Crippen molar-refractivity contribution in [2.75, 3.05) is 11.9 Å².